The second-order valence-corrected chi connectivity index (χ2v) is 8.54. The standard InChI is InChI=1S/C24H25FN6O/c1-16-22(17-6-8-19(25)9-7-17)23(26)30-24(28-16)21(15-27-30)18-4-3-5-20(14-18)29-10-12-31(2,32)13-11-29/h3-9,14-15H,10-13,26H2,1-2H3. The molecular weight excluding hydrogens is 407 g/mol. The monoisotopic (exact) mass is 432 g/mol. The number of hydroxylamine groups is 3. The van der Waals surface area contributed by atoms with Crippen molar-refractivity contribution in [1.82, 2.24) is 14.6 Å². The number of quaternary nitrogens is 1. The maximum atomic E-state index is 13.4. The zero-order valence-corrected chi connectivity index (χ0v) is 18.1. The highest BCUT2D eigenvalue weighted by Crippen LogP contribution is 2.34. The van der Waals surface area contributed by atoms with Crippen LogP contribution in [0.4, 0.5) is 15.9 Å². The van der Waals surface area contributed by atoms with Crippen LogP contribution >= 0.6 is 0 Å². The van der Waals surface area contributed by atoms with E-state index in [9.17, 15) is 9.60 Å². The summed E-state index contributed by atoms with van der Waals surface area (Å²) in [5, 5.41) is 16.7. The number of piperazine rings is 1. The summed E-state index contributed by atoms with van der Waals surface area (Å²) in [6.45, 7) is 4.50. The van der Waals surface area contributed by atoms with Gasteiger partial charge in [0, 0.05) is 16.8 Å². The predicted molar refractivity (Wildman–Crippen MR) is 124 cm³/mol. The van der Waals surface area contributed by atoms with Gasteiger partial charge in [-0.25, -0.2) is 9.37 Å². The molecule has 0 aliphatic carbocycles. The van der Waals surface area contributed by atoms with Gasteiger partial charge in [0.15, 0.2) is 5.65 Å². The van der Waals surface area contributed by atoms with Crippen LogP contribution in [0.25, 0.3) is 27.9 Å². The largest absolute Gasteiger partial charge is 0.633 e. The van der Waals surface area contributed by atoms with Crippen LogP contribution in [-0.4, -0.2) is 52.5 Å². The highest BCUT2D eigenvalue weighted by molar-refractivity contribution is 5.84. The van der Waals surface area contributed by atoms with E-state index in [0.717, 1.165) is 46.7 Å². The number of rotatable bonds is 3. The molecule has 32 heavy (non-hydrogen) atoms. The van der Waals surface area contributed by atoms with Crippen LogP contribution in [0.1, 0.15) is 5.69 Å². The zero-order chi connectivity index (χ0) is 22.5. The number of aromatic nitrogens is 3. The Labute approximate surface area is 185 Å². The van der Waals surface area contributed by atoms with Crippen molar-refractivity contribution in [3.63, 3.8) is 0 Å². The number of anilines is 2. The van der Waals surface area contributed by atoms with Crippen LogP contribution in [-0.2, 0) is 0 Å². The molecule has 1 aliphatic heterocycles. The van der Waals surface area contributed by atoms with Crippen LogP contribution in [0.15, 0.2) is 54.7 Å². The van der Waals surface area contributed by atoms with E-state index in [1.807, 2.05) is 19.1 Å². The summed E-state index contributed by atoms with van der Waals surface area (Å²) in [6.07, 6.45) is 1.77. The van der Waals surface area contributed by atoms with Crippen molar-refractivity contribution < 1.29 is 9.04 Å². The third kappa shape index (κ3) is 3.57. The minimum atomic E-state index is -0.298. The number of hydrogen-bond donors (Lipinski definition) is 1. The second-order valence-electron chi connectivity index (χ2n) is 8.54. The maximum Gasteiger partial charge on any atom is 0.165 e. The Morgan fingerprint density at radius 3 is 2.50 bits per heavy atom. The number of nitrogens with zero attached hydrogens (tertiary/aromatic N) is 5. The number of aryl methyl sites for hydroxylation is 1. The molecule has 2 aromatic heterocycles. The zero-order valence-electron chi connectivity index (χ0n) is 18.1. The first kappa shape index (κ1) is 20.4. The maximum absolute atomic E-state index is 13.4. The predicted octanol–water partition coefficient (Wildman–Crippen LogP) is 3.86. The average molecular weight is 433 g/mol. The summed E-state index contributed by atoms with van der Waals surface area (Å²) >= 11 is 0. The quantitative estimate of drug-likeness (QED) is 0.393. The van der Waals surface area contributed by atoms with Crippen LogP contribution in [0, 0.1) is 17.9 Å². The molecule has 7 nitrogen and oxygen atoms in total. The molecule has 8 heteroatoms. The lowest BCUT2D eigenvalue weighted by Gasteiger charge is -2.45. The molecule has 2 aromatic carbocycles. The third-order valence-electron chi connectivity index (χ3n) is 6.20. The van der Waals surface area contributed by atoms with Gasteiger partial charge in [-0.3, -0.25) is 0 Å². The minimum absolute atomic E-state index is 0.191. The van der Waals surface area contributed by atoms with Crippen molar-refractivity contribution in [2.24, 2.45) is 0 Å². The number of hydrogen-bond acceptors (Lipinski definition) is 5. The van der Waals surface area contributed by atoms with Crippen molar-refractivity contribution in [3.05, 3.63) is 71.4 Å². The molecular formula is C24H25FN6O. The summed E-state index contributed by atoms with van der Waals surface area (Å²) in [4.78, 5) is 7.04. The summed E-state index contributed by atoms with van der Waals surface area (Å²) in [6, 6.07) is 14.4. The first-order valence-electron chi connectivity index (χ1n) is 10.6. The fourth-order valence-corrected chi connectivity index (χ4v) is 4.33. The number of nitrogen functional groups attached to an aromatic ring is 1. The Bertz CT molecular complexity index is 1290. The number of benzene rings is 2. The van der Waals surface area contributed by atoms with E-state index < -0.39 is 0 Å². The van der Waals surface area contributed by atoms with Crippen LogP contribution in [0.5, 0.6) is 0 Å². The molecule has 0 radical (unpaired) electrons. The Kier molecular flexibility index (Phi) is 4.83. The molecule has 164 valence electrons. The Morgan fingerprint density at radius 1 is 1.06 bits per heavy atom. The smallest absolute Gasteiger partial charge is 0.165 e. The molecule has 0 bridgehead atoms. The van der Waals surface area contributed by atoms with Gasteiger partial charge in [-0.1, -0.05) is 24.3 Å². The molecule has 0 amide bonds. The van der Waals surface area contributed by atoms with E-state index in [4.69, 9.17) is 10.7 Å². The number of fused-ring (bicyclic) bond motifs is 1. The van der Waals surface area contributed by atoms with E-state index in [2.05, 4.69) is 22.1 Å². The van der Waals surface area contributed by atoms with Crippen LogP contribution in [0.2, 0.25) is 0 Å². The molecule has 4 aromatic rings. The molecule has 0 atom stereocenters. The Hall–Kier alpha value is -3.49. The topological polar surface area (TPSA) is 82.5 Å². The van der Waals surface area contributed by atoms with Gasteiger partial charge in [0.05, 0.1) is 45.1 Å². The summed E-state index contributed by atoms with van der Waals surface area (Å²) < 4.78 is 14.8. The molecule has 0 spiro atoms. The Morgan fingerprint density at radius 2 is 1.78 bits per heavy atom. The molecule has 3 heterocycles. The van der Waals surface area contributed by atoms with E-state index >= 15 is 0 Å². The van der Waals surface area contributed by atoms with Gasteiger partial charge in [0.25, 0.3) is 0 Å². The SMILES string of the molecule is Cc1nc2c(-c3cccc(N4CC[N+](C)([O-])CC4)c3)cnn2c(N)c1-c1ccc(F)cc1. The first-order chi connectivity index (χ1) is 15.3. The van der Waals surface area contributed by atoms with Crippen LogP contribution in [0.3, 0.4) is 0 Å². The van der Waals surface area contributed by atoms with E-state index in [1.165, 1.54) is 12.1 Å². The van der Waals surface area contributed by atoms with Crippen LogP contribution < -0.4 is 10.6 Å². The fourth-order valence-electron chi connectivity index (χ4n) is 4.33. The molecule has 1 saturated heterocycles. The van der Waals surface area contributed by atoms with Gasteiger partial charge in [0.1, 0.15) is 11.6 Å². The van der Waals surface area contributed by atoms with Crippen molar-refractivity contribution >= 4 is 17.2 Å². The lowest BCUT2D eigenvalue weighted by atomic mass is 10.0. The molecule has 0 saturated carbocycles. The number of likely N-dealkylation sites (N-methyl/N-ethyl adjacent to an activating group) is 1. The highest BCUT2D eigenvalue weighted by atomic mass is 19.1. The van der Waals surface area contributed by atoms with Gasteiger partial charge in [-0.2, -0.15) is 9.61 Å². The summed E-state index contributed by atoms with van der Waals surface area (Å²) in [5.41, 5.74) is 12.4. The Balaban J connectivity index is 1.54. The summed E-state index contributed by atoms with van der Waals surface area (Å²) in [5.74, 6) is 0.165. The molecule has 1 aliphatic rings. The first-order valence-corrected chi connectivity index (χ1v) is 10.6. The summed E-state index contributed by atoms with van der Waals surface area (Å²) in [7, 11) is 1.73. The van der Waals surface area contributed by atoms with Gasteiger partial charge >= 0.3 is 0 Å². The second kappa shape index (κ2) is 7.58. The van der Waals surface area contributed by atoms with Crippen molar-refractivity contribution in [3.8, 4) is 22.3 Å². The lowest BCUT2D eigenvalue weighted by molar-refractivity contribution is -0.861. The van der Waals surface area contributed by atoms with E-state index in [1.54, 1.807) is 29.9 Å². The van der Waals surface area contributed by atoms with E-state index in [-0.39, 0.29) is 10.5 Å². The van der Waals surface area contributed by atoms with Crippen molar-refractivity contribution in [2.75, 3.05) is 43.9 Å². The fraction of sp³-hybridized carbons (Fsp3) is 0.250. The normalized spacial score (nSPS) is 15.9. The number of nitrogens with two attached hydrogens (primary N) is 1. The highest BCUT2D eigenvalue weighted by Gasteiger charge is 2.22. The molecule has 2 N–H and O–H groups in total. The molecule has 5 rings (SSSR count). The van der Waals surface area contributed by atoms with Gasteiger partial charge in [0.2, 0.25) is 0 Å². The third-order valence-corrected chi connectivity index (χ3v) is 6.20. The average Bonchev–Trinajstić information content (AvgIpc) is 3.19. The molecule has 0 unspecified atom stereocenters. The van der Waals surface area contributed by atoms with E-state index in [0.29, 0.717) is 24.6 Å². The molecule has 1 fully saturated rings. The minimum Gasteiger partial charge on any atom is -0.633 e. The van der Waals surface area contributed by atoms with Gasteiger partial charge in [-0.15, -0.1) is 0 Å². The van der Waals surface area contributed by atoms with Gasteiger partial charge < -0.3 is 20.5 Å². The van der Waals surface area contributed by atoms with Crippen molar-refractivity contribution in [2.45, 2.75) is 6.92 Å². The number of halogens is 1. The lowest BCUT2D eigenvalue weighted by Crippen LogP contribution is -2.53. The van der Waals surface area contributed by atoms with Gasteiger partial charge in [-0.05, 0) is 42.3 Å². The van der Waals surface area contributed by atoms with Crippen molar-refractivity contribution in [1.29, 1.82) is 0 Å².